The summed E-state index contributed by atoms with van der Waals surface area (Å²) < 4.78 is 10.6. The van der Waals surface area contributed by atoms with Crippen LogP contribution in [0.1, 0.15) is 39.0 Å². The first-order chi connectivity index (χ1) is 8.79. The second kappa shape index (κ2) is 6.88. The molecule has 1 N–H and O–H groups in total. The smallest absolute Gasteiger partial charge is 0.0700 e. The average molecular weight is 255 g/mol. The monoisotopic (exact) mass is 255 g/mol. The SMILES string of the molecule is CCNCC1(CCCOCCOC)CC2CC2C1. The van der Waals surface area contributed by atoms with Crippen molar-refractivity contribution in [3.63, 3.8) is 0 Å². The highest BCUT2D eigenvalue weighted by molar-refractivity contribution is 5.03. The summed E-state index contributed by atoms with van der Waals surface area (Å²) in [5.41, 5.74) is 0.591. The maximum Gasteiger partial charge on any atom is 0.0700 e. The molecule has 0 radical (unpaired) electrons. The summed E-state index contributed by atoms with van der Waals surface area (Å²) in [5.74, 6) is 2.14. The maximum atomic E-state index is 5.58. The third kappa shape index (κ3) is 3.94. The van der Waals surface area contributed by atoms with E-state index < -0.39 is 0 Å². The number of ether oxygens (including phenoxy) is 2. The predicted octanol–water partition coefficient (Wildman–Crippen LogP) is 2.46. The summed E-state index contributed by atoms with van der Waals surface area (Å²) in [6.07, 6.45) is 6.97. The maximum absolute atomic E-state index is 5.58. The van der Waals surface area contributed by atoms with Crippen molar-refractivity contribution in [1.82, 2.24) is 5.32 Å². The van der Waals surface area contributed by atoms with E-state index in [1.807, 2.05) is 0 Å². The molecular weight excluding hydrogens is 226 g/mol. The first kappa shape index (κ1) is 14.3. The van der Waals surface area contributed by atoms with Crippen LogP contribution in [0, 0.1) is 17.3 Å². The van der Waals surface area contributed by atoms with Crippen molar-refractivity contribution in [2.45, 2.75) is 39.0 Å². The Kier molecular flexibility index (Phi) is 5.46. The minimum Gasteiger partial charge on any atom is -0.382 e. The van der Waals surface area contributed by atoms with E-state index >= 15 is 0 Å². The van der Waals surface area contributed by atoms with Crippen LogP contribution in [0.25, 0.3) is 0 Å². The van der Waals surface area contributed by atoms with Crippen LogP contribution >= 0.6 is 0 Å². The van der Waals surface area contributed by atoms with Gasteiger partial charge in [-0.1, -0.05) is 6.92 Å². The van der Waals surface area contributed by atoms with E-state index in [1.165, 1.54) is 38.6 Å². The van der Waals surface area contributed by atoms with Crippen LogP contribution in [-0.4, -0.2) is 40.0 Å². The molecule has 0 aromatic heterocycles. The van der Waals surface area contributed by atoms with E-state index in [0.717, 1.165) is 31.6 Å². The molecule has 2 atom stereocenters. The molecule has 0 amide bonds. The summed E-state index contributed by atoms with van der Waals surface area (Å²) in [6.45, 7) is 6.87. The van der Waals surface area contributed by atoms with Crippen molar-refractivity contribution in [3.05, 3.63) is 0 Å². The number of hydrogen-bond donors (Lipinski definition) is 1. The van der Waals surface area contributed by atoms with Crippen LogP contribution in [0.3, 0.4) is 0 Å². The molecule has 0 spiro atoms. The van der Waals surface area contributed by atoms with Gasteiger partial charge in [0.25, 0.3) is 0 Å². The zero-order chi connectivity index (χ0) is 12.8. The molecule has 3 heteroatoms. The third-order valence-electron chi connectivity index (χ3n) is 4.64. The minimum atomic E-state index is 0.591. The molecular formula is C15H29NO2. The van der Waals surface area contributed by atoms with Gasteiger partial charge < -0.3 is 14.8 Å². The van der Waals surface area contributed by atoms with Gasteiger partial charge >= 0.3 is 0 Å². The van der Waals surface area contributed by atoms with Crippen molar-refractivity contribution in [1.29, 1.82) is 0 Å². The van der Waals surface area contributed by atoms with Crippen LogP contribution in [0.5, 0.6) is 0 Å². The van der Waals surface area contributed by atoms with Gasteiger partial charge in [0.15, 0.2) is 0 Å². The van der Waals surface area contributed by atoms with Gasteiger partial charge in [-0.25, -0.2) is 0 Å². The molecule has 0 aromatic carbocycles. The molecule has 2 rings (SSSR count). The summed E-state index contributed by atoms with van der Waals surface area (Å²) in [7, 11) is 1.72. The Labute approximate surface area is 112 Å². The quantitative estimate of drug-likeness (QED) is 0.608. The Bertz CT molecular complexity index is 235. The van der Waals surface area contributed by atoms with Crippen molar-refractivity contribution < 1.29 is 9.47 Å². The largest absolute Gasteiger partial charge is 0.382 e. The molecule has 0 heterocycles. The molecule has 2 saturated carbocycles. The van der Waals surface area contributed by atoms with Crippen molar-refractivity contribution >= 4 is 0 Å². The third-order valence-corrected chi connectivity index (χ3v) is 4.64. The standard InChI is InChI=1S/C15H29NO2/c1-3-16-12-15(10-13-9-14(13)11-15)5-4-6-18-8-7-17-2/h13-14,16H,3-12H2,1-2H3. The number of nitrogens with one attached hydrogen (secondary N) is 1. The van der Waals surface area contributed by atoms with E-state index in [-0.39, 0.29) is 0 Å². The van der Waals surface area contributed by atoms with E-state index in [2.05, 4.69) is 12.2 Å². The van der Waals surface area contributed by atoms with Gasteiger partial charge in [-0.15, -0.1) is 0 Å². The van der Waals surface area contributed by atoms with Gasteiger partial charge in [0.1, 0.15) is 0 Å². The highest BCUT2D eigenvalue weighted by Gasteiger charge is 2.52. The first-order valence-electron chi connectivity index (χ1n) is 7.57. The van der Waals surface area contributed by atoms with Crippen LogP contribution in [-0.2, 0) is 9.47 Å². The van der Waals surface area contributed by atoms with E-state index in [1.54, 1.807) is 7.11 Å². The predicted molar refractivity (Wildman–Crippen MR) is 73.7 cm³/mol. The highest BCUT2D eigenvalue weighted by atomic mass is 16.5. The minimum absolute atomic E-state index is 0.591. The molecule has 106 valence electrons. The van der Waals surface area contributed by atoms with Crippen molar-refractivity contribution in [3.8, 4) is 0 Å². The van der Waals surface area contributed by atoms with Gasteiger partial charge in [0.05, 0.1) is 13.2 Å². The second-order valence-electron chi connectivity index (χ2n) is 6.15. The zero-order valence-electron chi connectivity index (χ0n) is 12.0. The lowest BCUT2D eigenvalue weighted by atomic mass is 9.78. The fourth-order valence-corrected chi connectivity index (χ4v) is 3.63. The number of methoxy groups -OCH3 is 1. The van der Waals surface area contributed by atoms with Crippen LogP contribution in [0.15, 0.2) is 0 Å². The van der Waals surface area contributed by atoms with E-state index in [4.69, 9.17) is 9.47 Å². The second-order valence-corrected chi connectivity index (χ2v) is 6.15. The van der Waals surface area contributed by atoms with Crippen molar-refractivity contribution in [2.24, 2.45) is 17.3 Å². The Morgan fingerprint density at radius 2 is 1.94 bits per heavy atom. The lowest BCUT2D eigenvalue weighted by Gasteiger charge is -2.31. The lowest BCUT2D eigenvalue weighted by molar-refractivity contribution is 0.0626. The fourth-order valence-electron chi connectivity index (χ4n) is 3.63. The Balaban J connectivity index is 1.63. The van der Waals surface area contributed by atoms with Crippen LogP contribution < -0.4 is 5.32 Å². The van der Waals surface area contributed by atoms with Gasteiger partial charge in [0.2, 0.25) is 0 Å². The van der Waals surface area contributed by atoms with Crippen LogP contribution in [0.4, 0.5) is 0 Å². The number of rotatable bonds is 10. The number of fused-ring (bicyclic) bond motifs is 1. The summed E-state index contributed by atoms with van der Waals surface area (Å²) >= 11 is 0. The van der Waals surface area contributed by atoms with Gasteiger partial charge in [-0.3, -0.25) is 0 Å². The topological polar surface area (TPSA) is 30.5 Å². The molecule has 3 nitrogen and oxygen atoms in total. The molecule has 2 fully saturated rings. The van der Waals surface area contributed by atoms with Gasteiger partial charge in [0, 0.05) is 20.3 Å². The molecule has 18 heavy (non-hydrogen) atoms. The fraction of sp³-hybridized carbons (Fsp3) is 1.00. The van der Waals surface area contributed by atoms with Gasteiger partial charge in [-0.05, 0) is 55.9 Å². The van der Waals surface area contributed by atoms with Gasteiger partial charge in [-0.2, -0.15) is 0 Å². The summed E-state index contributed by atoms with van der Waals surface area (Å²) in [6, 6.07) is 0. The molecule has 0 bridgehead atoms. The number of hydrogen-bond acceptors (Lipinski definition) is 3. The van der Waals surface area contributed by atoms with E-state index in [9.17, 15) is 0 Å². The molecule has 0 aliphatic heterocycles. The average Bonchev–Trinajstić information content (AvgIpc) is 3.00. The van der Waals surface area contributed by atoms with Crippen LogP contribution in [0.2, 0.25) is 0 Å². The molecule has 0 aromatic rings. The Hall–Kier alpha value is -0.120. The van der Waals surface area contributed by atoms with Crippen molar-refractivity contribution in [2.75, 3.05) is 40.0 Å². The highest BCUT2D eigenvalue weighted by Crippen LogP contribution is 2.61. The summed E-state index contributed by atoms with van der Waals surface area (Å²) in [5, 5.41) is 3.57. The molecule has 0 saturated heterocycles. The van der Waals surface area contributed by atoms with E-state index in [0.29, 0.717) is 12.0 Å². The zero-order valence-corrected chi connectivity index (χ0v) is 12.0. The Morgan fingerprint density at radius 3 is 2.61 bits per heavy atom. The normalized spacial score (nSPS) is 33.7. The molecule has 2 unspecified atom stereocenters. The first-order valence-corrected chi connectivity index (χ1v) is 7.57. The summed E-state index contributed by atoms with van der Waals surface area (Å²) in [4.78, 5) is 0. The Morgan fingerprint density at radius 1 is 1.17 bits per heavy atom. The molecule has 2 aliphatic carbocycles. The molecule has 2 aliphatic rings. The lowest BCUT2D eigenvalue weighted by Crippen LogP contribution is -2.33.